The molecule has 0 unspecified atom stereocenters. The zero-order chi connectivity index (χ0) is 26.6. The molecule has 1 aliphatic rings. The number of hydrogen-bond donors (Lipinski definition) is 1. The van der Waals surface area contributed by atoms with Crippen LogP contribution in [0.2, 0.25) is 10.0 Å². The van der Waals surface area contributed by atoms with Gasteiger partial charge >= 0.3 is 6.36 Å². The molecule has 0 radical (unpaired) electrons. The quantitative estimate of drug-likeness (QED) is 0.326. The van der Waals surface area contributed by atoms with Crippen LogP contribution < -0.4 is 15.0 Å². The van der Waals surface area contributed by atoms with Crippen molar-refractivity contribution in [2.24, 2.45) is 4.99 Å². The second-order valence-corrected chi connectivity index (χ2v) is 9.21. The van der Waals surface area contributed by atoms with Crippen LogP contribution in [0.15, 0.2) is 83.5 Å². The molecule has 0 atom stereocenters. The van der Waals surface area contributed by atoms with Gasteiger partial charge in [0.15, 0.2) is 10.9 Å². The van der Waals surface area contributed by atoms with Crippen molar-refractivity contribution >= 4 is 69.4 Å². The minimum atomic E-state index is -4.91. The van der Waals surface area contributed by atoms with Crippen molar-refractivity contribution in [1.29, 1.82) is 0 Å². The van der Waals surface area contributed by atoms with Crippen molar-refractivity contribution in [3.8, 4) is 5.75 Å². The van der Waals surface area contributed by atoms with Gasteiger partial charge in [0.2, 0.25) is 5.91 Å². The molecule has 190 valence electrons. The number of alkyl halides is 3. The van der Waals surface area contributed by atoms with Crippen molar-refractivity contribution < 1.29 is 27.5 Å². The zero-order valence-corrected chi connectivity index (χ0v) is 21.0. The lowest BCUT2D eigenvalue weighted by Crippen LogP contribution is -2.31. The monoisotopic (exact) mass is 565 g/mol. The third kappa shape index (κ3) is 6.85. The summed E-state index contributed by atoms with van der Waals surface area (Å²) < 4.78 is 42.0. The highest BCUT2D eigenvalue weighted by molar-refractivity contribution is 8.14. The molecule has 37 heavy (non-hydrogen) atoms. The van der Waals surface area contributed by atoms with Crippen LogP contribution in [-0.4, -0.2) is 29.1 Å². The Kier molecular flexibility index (Phi) is 8.11. The van der Waals surface area contributed by atoms with Gasteiger partial charge in [-0.25, -0.2) is 4.99 Å². The fourth-order valence-corrected chi connectivity index (χ4v) is 4.38. The average Bonchev–Trinajstić information content (AvgIpc) is 3.16. The van der Waals surface area contributed by atoms with Gasteiger partial charge in [0.05, 0.1) is 27.2 Å². The Labute approximate surface area is 223 Å². The molecule has 0 fully saturated rings. The van der Waals surface area contributed by atoms with Crippen LogP contribution in [0.3, 0.4) is 0 Å². The molecule has 2 amide bonds. The number of aliphatic imine (C=N–C) groups is 1. The molecule has 6 nitrogen and oxygen atoms in total. The number of para-hydroxylation sites is 3. The first-order chi connectivity index (χ1) is 17.6. The smallest absolute Gasteiger partial charge is 0.404 e. The first-order valence-electron chi connectivity index (χ1n) is 10.5. The maximum absolute atomic E-state index is 13.2. The fraction of sp³-hybridized carbons (Fsp3) is 0.0800. The molecule has 0 spiro atoms. The van der Waals surface area contributed by atoms with E-state index < -0.39 is 23.9 Å². The Morgan fingerprint density at radius 2 is 1.73 bits per heavy atom. The first kappa shape index (κ1) is 26.6. The van der Waals surface area contributed by atoms with Crippen molar-refractivity contribution in [2.45, 2.75) is 6.36 Å². The SMILES string of the molecule is O=C(CSC1=NC(=Cc2ccc(Cl)c(Cl)c2)C(=O)N1c1ccccc1)Nc1ccccc1OC(F)(F)F. The number of halogens is 5. The van der Waals surface area contributed by atoms with E-state index in [1.807, 2.05) is 0 Å². The van der Waals surface area contributed by atoms with Crippen LogP contribution in [0.25, 0.3) is 6.08 Å². The number of amides is 2. The molecule has 3 aromatic rings. The first-order valence-corrected chi connectivity index (χ1v) is 12.3. The Hall–Kier alpha value is -3.47. The minimum Gasteiger partial charge on any atom is -0.404 e. The van der Waals surface area contributed by atoms with Gasteiger partial charge < -0.3 is 10.1 Å². The maximum Gasteiger partial charge on any atom is 0.573 e. The lowest BCUT2D eigenvalue weighted by atomic mass is 10.2. The summed E-state index contributed by atoms with van der Waals surface area (Å²) in [5.41, 5.74) is 1.09. The molecule has 1 N–H and O–H groups in total. The van der Waals surface area contributed by atoms with E-state index >= 15 is 0 Å². The highest BCUT2D eigenvalue weighted by Gasteiger charge is 2.33. The van der Waals surface area contributed by atoms with Gasteiger partial charge in [-0.3, -0.25) is 14.5 Å². The number of nitrogens with zero attached hydrogens (tertiary/aromatic N) is 2. The second kappa shape index (κ2) is 11.3. The van der Waals surface area contributed by atoms with E-state index in [2.05, 4.69) is 15.0 Å². The summed E-state index contributed by atoms with van der Waals surface area (Å²) in [6.07, 6.45) is -3.37. The molecule has 0 bridgehead atoms. The van der Waals surface area contributed by atoms with E-state index in [0.717, 1.165) is 17.8 Å². The van der Waals surface area contributed by atoms with Gasteiger partial charge in [-0.15, -0.1) is 13.2 Å². The van der Waals surface area contributed by atoms with Crippen molar-refractivity contribution in [2.75, 3.05) is 16.0 Å². The lowest BCUT2D eigenvalue weighted by Gasteiger charge is -2.18. The van der Waals surface area contributed by atoms with E-state index in [9.17, 15) is 22.8 Å². The number of nitrogens with one attached hydrogen (secondary N) is 1. The number of amidine groups is 1. The number of ether oxygens (including phenoxy) is 1. The van der Waals surface area contributed by atoms with Crippen LogP contribution in [0.1, 0.15) is 5.56 Å². The summed E-state index contributed by atoms with van der Waals surface area (Å²) in [5, 5.41) is 3.29. The predicted molar refractivity (Wildman–Crippen MR) is 140 cm³/mol. The molecular formula is C25H16Cl2F3N3O3S. The summed E-state index contributed by atoms with van der Waals surface area (Å²) in [6.45, 7) is 0. The fourth-order valence-electron chi connectivity index (χ4n) is 3.26. The highest BCUT2D eigenvalue weighted by atomic mass is 35.5. The second-order valence-electron chi connectivity index (χ2n) is 7.45. The third-order valence-corrected chi connectivity index (χ3v) is 6.49. The summed E-state index contributed by atoms with van der Waals surface area (Å²) in [4.78, 5) is 31.6. The van der Waals surface area contributed by atoms with Crippen LogP contribution in [-0.2, 0) is 9.59 Å². The predicted octanol–water partition coefficient (Wildman–Crippen LogP) is 7.01. The molecule has 0 saturated carbocycles. The minimum absolute atomic E-state index is 0.106. The Morgan fingerprint density at radius 3 is 2.43 bits per heavy atom. The summed E-state index contributed by atoms with van der Waals surface area (Å²) >= 11 is 13.0. The standard InChI is InChI=1S/C25H16Cl2F3N3O3S/c26-17-11-10-15(12-18(17)27)13-20-23(35)33(16-6-2-1-3-7-16)24(32-20)37-14-22(34)31-19-8-4-5-9-21(19)36-25(28,29)30/h1-13H,14H2,(H,31,34). The van der Waals surface area contributed by atoms with Crippen molar-refractivity contribution in [3.63, 3.8) is 0 Å². The largest absolute Gasteiger partial charge is 0.573 e. The van der Waals surface area contributed by atoms with Crippen LogP contribution >= 0.6 is 35.0 Å². The van der Waals surface area contributed by atoms with E-state index in [0.29, 0.717) is 21.3 Å². The lowest BCUT2D eigenvalue weighted by molar-refractivity contribution is -0.274. The van der Waals surface area contributed by atoms with E-state index in [1.54, 1.807) is 54.6 Å². The van der Waals surface area contributed by atoms with Crippen LogP contribution in [0.4, 0.5) is 24.5 Å². The molecule has 3 aromatic carbocycles. The van der Waals surface area contributed by atoms with E-state index in [4.69, 9.17) is 23.2 Å². The van der Waals surface area contributed by atoms with Gasteiger partial charge in [0.1, 0.15) is 5.70 Å². The molecule has 0 saturated heterocycles. The van der Waals surface area contributed by atoms with Crippen molar-refractivity contribution in [1.82, 2.24) is 0 Å². The number of rotatable bonds is 6. The Balaban J connectivity index is 1.55. The number of hydrogen-bond acceptors (Lipinski definition) is 5. The number of benzene rings is 3. The normalized spacial score (nSPS) is 14.6. The number of carbonyl (C=O) groups excluding carboxylic acids is 2. The molecule has 1 aliphatic heterocycles. The average molecular weight is 566 g/mol. The summed E-state index contributed by atoms with van der Waals surface area (Å²) in [5.74, 6) is -1.83. The third-order valence-electron chi connectivity index (χ3n) is 4.81. The van der Waals surface area contributed by atoms with E-state index in [1.165, 1.54) is 23.1 Å². The molecule has 4 rings (SSSR count). The van der Waals surface area contributed by atoms with Gasteiger partial charge in [-0.2, -0.15) is 0 Å². The Bertz CT molecular complexity index is 1400. The molecule has 0 aromatic heterocycles. The number of thioether (sulfide) groups is 1. The Morgan fingerprint density at radius 1 is 1.03 bits per heavy atom. The van der Waals surface area contributed by atoms with Crippen molar-refractivity contribution in [3.05, 3.63) is 94.1 Å². The highest BCUT2D eigenvalue weighted by Crippen LogP contribution is 2.32. The van der Waals surface area contributed by atoms with Gasteiger partial charge in [-0.05, 0) is 48.0 Å². The molecular weight excluding hydrogens is 550 g/mol. The zero-order valence-electron chi connectivity index (χ0n) is 18.6. The molecule has 1 heterocycles. The van der Waals surface area contributed by atoms with Gasteiger partial charge in [0.25, 0.3) is 5.91 Å². The molecule has 12 heteroatoms. The maximum atomic E-state index is 13.2. The molecule has 0 aliphatic carbocycles. The summed E-state index contributed by atoms with van der Waals surface area (Å²) in [7, 11) is 0. The number of anilines is 2. The number of carbonyl (C=O) groups is 2. The summed E-state index contributed by atoms with van der Waals surface area (Å²) in [6, 6.07) is 18.7. The van der Waals surface area contributed by atoms with Gasteiger partial charge in [0, 0.05) is 0 Å². The van der Waals surface area contributed by atoms with Crippen LogP contribution in [0.5, 0.6) is 5.75 Å². The van der Waals surface area contributed by atoms with Gasteiger partial charge in [-0.1, -0.05) is 71.4 Å². The van der Waals surface area contributed by atoms with Crippen LogP contribution in [0, 0.1) is 0 Å². The van der Waals surface area contributed by atoms with E-state index in [-0.39, 0.29) is 22.3 Å². The topological polar surface area (TPSA) is 71.0 Å².